The van der Waals surface area contributed by atoms with Gasteiger partial charge in [0.1, 0.15) is 6.61 Å². The average Bonchev–Trinajstić information content (AvgIpc) is 3.20. The molecule has 1 saturated carbocycles. The number of hydrogen-bond donors (Lipinski definition) is 3. The number of carbonyl (C=O) groups is 2. The molecule has 5 atom stereocenters. The van der Waals surface area contributed by atoms with Gasteiger partial charge in [-0.05, 0) is 49.4 Å². The largest absolute Gasteiger partial charge is 0.396 e. The van der Waals surface area contributed by atoms with Crippen LogP contribution < -0.4 is 5.32 Å². The number of aliphatic hydroxyl groups is 2. The molecule has 1 saturated heterocycles. The molecule has 0 aromatic carbocycles. The zero-order valence-corrected chi connectivity index (χ0v) is 21.6. The van der Waals surface area contributed by atoms with E-state index in [0.717, 1.165) is 42.9 Å². The maximum Gasteiger partial charge on any atom is 0.252 e. The predicted octanol–water partition coefficient (Wildman–Crippen LogP) is 2.79. The van der Waals surface area contributed by atoms with E-state index in [1.54, 1.807) is 0 Å². The van der Waals surface area contributed by atoms with E-state index in [1.807, 2.05) is 11.8 Å². The first-order chi connectivity index (χ1) is 16.1. The summed E-state index contributed by atoms with van der Waals surface area (Å²) in [6.45, 7) is 7.85. The summed E-state index contributed by atoms with van der Waals surface area (Å²) in [4.78, 5) is 33.5. The van der Waals surface area contributed by atoms with Crippen molar-refractivity contribution in [3.8, 4) is 0 Å². The van der Waals surface area contributed by atoms with Gasteiger partial charge in [-0.3, -0.25) is 14.9 Å². The van der Waals surface area contributed by atoms with Crippen molar-refractivity contribution in [1.29, 1.82) is 0 Å². The lowest BCUT2D eigenvalue weighted by atomic mass is 9.47. The number of aromatic nitrogens is 1. The number of ether oxygens (including phenoxy) is 1. The Labute approximate surface area is 206 Å². The fourth-order valence-electron chi connectivity index (χ4n) is 6.55. The highest BCUT2D eigenvalue weighted by molar-refractivity contribution is 7.15. The molecule has 0 radical (unpaired) electrons. The molecule has 5 unspecified atom stereocenters. The fourth-order valence-corrected chi connectivity index (χ4v) is 7.63. The molecule has 8 nitrogen and oxygen atoms in total. The van der Waals surface area contributed by atoms with Crippen LogP contribution in [0.2, 0.25) is 0 Å². The van der Waals surface area contributed by atoms with Crippen molar-refractivity contribution >= 4 is 28.3 Å². The maximum absolute atomic E-state index is 13.5. The summed E-state index contributed by atoms with van der Waals surface area (Å²) in [5.41, 5.74) is -0.0489. The Morgan fingerprint density at radius 2 is 1.97 bits per heavy atom. The summed E-state index contributed by atoms with van der Waals surface area (Å²) in [6.07, 6.45) is 3.86. The van der Waals surface area contributed by atoms with E-state index in [-0.39, 0.29) is 42.3 Å². The molecule has 9 heteroatoms. The number of rotatable bonds is 6. The standard InChI is InChI=1S/C25H39N3O5S/c1-15-6-9-28(10-7-15)21(32)11-16-22-17(34-23(27-22)26-20(31)13-33-4)12-18-24(16,2)8-5-19(30)25(18,3)14-29/h15-16,18-19,29-30H,5-14H2,1-4H3,(H,26,27,31). The highest BCUT2D eigenvalue weighted by atomic mass is 32.1. The monoisotopic (exact) mass is 493 g/mol. The number of nitrogens with one attached hydrogen (secondary N) is 1. The van der Waals surface area contributed by atoms with E-state index in [2.05, 4.69) is 19.2 Å². The van der Waals surface area contributed by atoms with Crippen molar-refractivity contribution in [2.75, 3.05) is 38.7 Å². The van der Waals surface area contributed by atoms with E-state index in [9.17, 15) is 19.8 Å². The van der Waals surface area contributed by atoms with Crippen LogP contribution in [0.25, 0.3) is 0 Å². The highest BCUT2D eigenvalue weighted by Crippen LogP contribution is 2.63. The molecule has 1 aromatic heterocycles. The van der Waals surface area contributed by atoms with Crippen LogP contribution in [-0.4, -0.2) is 71.4 Å². The first kappa shape index (κ1) is 25.5. The summed E-state index contributed by atoms with van der Waals surface area (Å²) in [7, 11) is 1.47. The van der Waals surface area contributed by atoms with E-state index < -0.39 is 11.5 Å². The number of thiazole rings is 1. The normalized spacial score (nSPS) is 33.8. The number of hydrogen-bond acceptors (Lipinski definition) is 7. The molecule has 2 amide bonds. The van der Waals surface area contributed by atoms with E-state index in [1.165, 1.54) is 18.4 Å². The SMILES string of the molecule is COCC(=O)Nc1nc2c(s1)CC1C(C)(CO)C(O)CCC1(C)C2CC(=O)N1CCC(C)CC1. The molecule has 3 N–H and O–H groups in total. The Bertz CT molecular complexity index is 914. The van der Waals surface area contributed by atoms with Crippen LogP contribution in [0.3, 0.4) is 0 Å². The molecule has 0 spiro atoms. The lowest BCUT2D eigenvalue weighted by Crippen LogP contribution is -2.57. The molecule has 2 fully saturated rings. The second-order valence-corrected chi connectivity index (χ2v) is 12.2. The number of piperidine rings is 1. The number of likely N-dealkylation sites (tertiary alicyclic amines) is 1. The van der Waals surface area contributed by atoms with Crippen molar-refractivity contribution in [2.24, 2.45) is 22.7 Å². The number of fused-ring (bicyclic) bond motifs is 2. The molecule has 0 bridgehead atoms. The molecule has 190 valence electrons. The van der Waals surface area contributed by atoms with Crippen LogP contribution in [0.4, 0.5) is 5.13 Å². The Hall–Kier alpha value is -1.55. The van der Waals surface area contributed by atoms with Crippen LogP contribution in [0.1, 0.15) is 69.4 Å². The second-order valence-electron chi connectivity index (χ2n) is 11.1. The topological polar surface area (TPSA) is 112 Å². The molecule has 1 aliphatic heterocycles. The van der Waals surface area contributed by atoms with Crippen molar-refractivity contribution < 1.29 is 24.5 Å². The third-order valence-electron chi connectivity index (χ3n) is 8.93. The van der Waals surface area contributed by atoms with E-state index >= 15 is 0 Å². The first-order valence-corrected chi connectivity index (χ1v) is 13.3. The van der Waals surface area contributed by atoms with Gasteiger partial charge in [-0.1, -0.05) is 20.8 Å². The third-order valence-corrected chi connectivity index (χ3v) is 9.94. The Balaban J connectivity index is 1.69. The minimum atomic E-state index is -0.657. The first-order valence-electron chi connectivity index (χ1n) is 12.5. The van der Waals surface area contributed by atoms with Crippen LogP contribution in [0.5, 0.6) is 0 Å². The molecular formula is C25H39N3O5S. The molecule has 2 heterocycles. The predicted molar refractivity (Wildman–Crippen MR) is 131 cm³/mol. The van der Waals surface area contributed by atoms with Gasteiger partial charge >= 0.3 is 0 Å². The van der Waals surface area contributed by atoms with Gasteiger partial charge in [-0.25, -0.2) is 4.98 Å². The van der Waals surface area contributed by atoms with Gasteiger partial charge < -0.3 is 19.8 Å². The summed E-state index contributed by atoms with van der Waals surface area (Å²) >= 11 is 1.44. The molecule has 34 heavy (non-hydrogen) atoms. The maximum atomic E-state index is 13.5. The van der Waals surface area contributed by atoms with Crippen molar-refractivity contribution in [2.45, 2.75) is 71.3 Å². The van der Waals surface area contributed by atoms with E-state index in [0.29, 0.717) is 30.3 Å². The smallest absolute Gasteiger partial charge is 0.252 e. The number of nitrogens with zero attached hydrogens (tertiary/aromatic N) is 2. The quantitative estimate of drug-likeness (QED) is 0.562. The van der Waals surface area contributed by atoms with Crippen molar-refractivity contribution in [3.63, 3.8) is 0 Å². The van der Waals surface area contributed by atoms with Gasteiger partial charge in [0.2, 0.25) is 5.91 Å². The van der Waals surface area contributed by atoms with Gasteiger partial charge in [0.15, 0.2) is 5.13 Å². The summed E-state index contributed by atoms with van der Waals surface area (Å²) < 4.78 is 4.93. The molecular weight excluding hydrogens is 454 g/mol. The van der Waals surface area contributed by atoms with Gasteiger partial charge in [0.05, 0.1) is 18.4 Å². The highest BCUT2D eigenvalue weighted by Gasteiger charge is 2.59. The van der Waals surface area contributed by atoms with Gasteiger partial charge in [0.25, 0.3) is 5.91 Å². The zero-order valence-electron chi connectivity index (χ0n) is 20.8. The van der Waals surface area contributed by atoms with Crippen LogP contribution in [0, 0.1) is 22.7 Å². The van der Waals surface area contributed by atoms with Gasteiger partial charge in [0, 0.05) is 42.8 Å². The van der Waals surface area contributed by atoms with Crippen LogP contribution >= 0.6 is 11.3 Å². The van der Waals surface area contributed by atoms with E-state index in [4.69, 9.17) is 9.72 Å². The van der Waals surface area contributed by atoms with Crippen molar-refractivity contribution in [1.82, 2.24) is 9.88 Å². The Morgan fingerprint density at radius 1 is 1.26 bits per heavy atom. The Morgan fingerprint density at radius 3 is 2.62 bits per heavy atom. The lowest BCUT2D eigenvalue weighted by Gasteiger charge is -2.58. The summed E-state index contributed by atoms with van der Waals surface area (Å²) in [5, 5.41) is 24.6. The fraction of sp³-hybridized carbons (Fsp3) is 0.800. The third kappa shape index (κ3) is 4.52. The minimum Gasteiger partial charge on any atom is -0.396 e. The van der Waals surface area contributed by atoms with Crippen molar-refractivity contribution in [3.05, 3.63) is 10.6 Å². The summed E-state index contributed by atoms with van der Waals surface area (Å²) in [6, 6.07) is 0. The number of carbonyl (C=O) groups excluding carboxylic acids is 2. The van der Waals surface area contributed by atoms with Crippen LogP contribution in [0.15, 0.2) is 0 Å². The van der Waals surface area contributed by atoms with Crippen LogP contribution in [-0.2, 0) is 20.7 Å². The molecule has 4 rings (SSSR count). The lowest BCUT2D eigenvalue weighted by molar-refractivity contribution is -0.147. The average molecular weight is 494 g/mol. The molecule has 1 aromatic rings. The molecule has 2 aliphatic carbocycles. The number of amides is 2. The summed E-state index contributed by atoms with van der Waals surface area (Å²) in [5.74, 6) is 0.413. The Kier molecular flexibility index (Phi) is 7.39. The molecule has 3 aliphatic rings. The number of methoxy groups -OCH3 is 1. The van der Waals surface area contributed by atoms with Gasteiger partial charge in [-0.15, -0.1) is 11.3 Å². The second kappa shape index (κ2) is 9.84. The zero-order chi connectivity index (χ0) is 24.7. The van der Waals surface area contributed by atoms with Gasteiger partial charge in [-0.2, -0.15) is 0 Å². The minimum absolute atomic E-state index is 0.00315. The number of aliphatic hydroxyl groups excluding tert-OH is 2. The number of anilines is 1.